The van der Waals surface area contributed by atoms with Gasteiger partial charge in [-0.25, -0.2) is 4.79 Å². The largest absolute Gasteiger partial charge is 0.405 e. The Morgan fingerprint density at radius 2 is 1.72 bits per heavy atom. The molecule has 1 aromatic carbocycles. The smallest absolute Gasteiger partial charge is 0.329 e. The molecule has 8 heteroatoms. The number of carbonyl (C=O) groups excluding carboxylic acids is 3. The minimum absolute atomic E-state index is 0.00861. The summed E-state index contributed by atoms with van der Waals surface area (Å²) in [5, 5.41) is 0.159. The summed E-state index contributed by atoms with van der Waals surface area (Å²) >= 11 is 0. The third-order valence-corrected chi connectivity index (χ3v) is 5.65. The van der Waals surface area contributed by atoms with Crippen LogP contribution in [0.5, 0.6) is 0 Å². The quantitative estimate of drug-likeness (QED) is 0.767. The summed E-state index contributed by atoms with van der Waals surface area (Å²) in [6, 6.07) is 5.76. The van der Waals surface area contributed by atoms with Crippen molar-refractivity contribution in [3.05, 3.63) is 35.4 Å². The van der Waals surface area contributed by atoms with Crippen LogP contribution in [0.4, 0.5) is 13.2 Å². The molecule has 0 spiro atoms. The fourth-order valence-electron chi connectivity index (χ4n) is 4.46. The van der Waals surface area contributed by atoms with E-state index in [9.17, 15) is 27.6 Å². The third-order valence-electron chi connectivity index (χ3n) is 5.65. The zero-order valence-electron chi connectivity index (χ0n) is 13.0. The summed E-state index contributed by atoms with van der Waals surface area (Å²) in [6.45, 7) is 0. The predicted molar refractivity (Wildman–Crippen MR) is 77.0 cm³/mol. The minimum Gasteiger partial charge on any atom is -0.329 e. The van der Waals surface area contributed by atoms with E-state index >= 15 is 0 Å². The van der Waals surface area contributed by atoms with Crippen LogP contribution in [-0.2, 0) is 9.63 Å². The molecule has 1 aliphatic heterocycles. The van der Waals surface area contributed by atoms with Crippen molar-refractivity contribution in [2.45, 2.75) is 31.9 Å². The highest BCUT2D eigenvalue weighted by atomic mass is 19.4. The first-order valence-corrected chi connectivity index (χ1v) is 8.02. The van der Waals surface area contributed by atoms with Crippen LogP contribution in [0.25, 0.3) is 0 Å². The number of hydroxylamine groups is 2. The Labute approximate surface area is 140 Å². The molecule has 1 heterocycles. The lowest BCUT2D eigenvalue weighted by atomic mass is 9.72. The van der Waals surface area contributed by atoms with Crippen molar-refractivity contribution < 1.29 is 32.4 Å². The van der Waals surface area contributed by atoms with E-state index in [1.807, 2.05) is 0 Å². The molecular weight excluding hydrogens is 339 g/mol. The van der Waals surface area contributed by atoms with Crippen LogP contribution < -0.4 is 0 Å². The van der Waals surface area contributed by atoms with Crippen LogP contribution in [0.15, 0.2) is 24.3 Å². The Morgan fingerprint density at radius 1 is 1.12 bits per heavy atom. The standard InChI is InChI=1S/C17H14F3NO4/c18-17(19,20)16(8-9-5-6-10(16)7-9)15(24)25-21-13(22)11-3-1-2-4-12(11)14(21)23/h1-4,9-10H,5-8H2. The highest BCUT2D eigenvalue weighted by Gasteiger charge is 2.71. The van der Waals surface area contributed by atoms with Crippen LogP contribution in [-0.4, -0.2) is 29.0 Å². The molecule has 4 rings (SSSR count). The minimum atomic E-state index is -4.79. The second kappa shape index (κ2) is 5.06. The Bertz CT molecular complexity index is 755. The molecular formula is C17H14F3NO4. The number of imide groups is 1. The molecule has 0 N–H and O–H groups in total. The van der Waals surface area contributed by atoms with E-state index < -0.39 is 35.3 Å². The molecule has 0 aromatic heterocycles. The molecule has 3 atom stereocenters. The van der Waals surface area contributed by atoms with Crippen molar-refractivity contribution in [3.8, 4) is 0 Å². The molecule has 2 aliphatic carbocycles. The summed E-state index contributed by atoms with van der Waals surface area (Å²) in [4.78, 5) is 41.7. The molecule has 25 heavy (non-hydrogen) atoms. The second-order valence-corrected chi connectivity index (χ2v) is 6.88. The monoisotopic (exact) mass is 353 g/mol. The van der Waals surface area contributed by atoms with E-state index in [0.29, 0.717) is 19.3 Å². The molecule has 3 aliphatic rings. The Balaban J connectivity index is 1.64. The molecule has 2 bridgehead atoms. The Morgan fingerprint density at radius 3 is 2.16 bits per heavy atom. The topological polar surface area (TPSA) is 63.7 Å². The molecule has 0 saturated heterocycles. The highest BCUT2D eigenvalue weighted by Crippen LogP contribution is 2.63. The summed E-state index contributed by atoms with van der Waals surface area (Å²) in [7, 11) is 0. The van der Waals surface area contributed by atoms with E-state index in [0.717, 1.165) is 0 Å². The fraction of sp³-hybridized carbons (Fsp3) is 0.471. The Kier molecular flexibility index (Phi) is 3.26. The molecule has 2 fully saturated rings. The summed E-state index contributed by atoms with van der Waals surface area (Å²) in [5.74, 6) is -4.44. The number of hydrogen-bond donors (Lipinski definition) is 0. The van der Waals surface area contributed by atoms with Crippen molar-refractivity contribution in [3.63, 3.8) is 0 Å². The van der Waals surface area contributed by atoms with Gasteiger partial charge in [0.15, 0.2) is 5.41 Å². The van der Waals surface area contributed by atoms with Gasteiger partial charge in [-0.15, -0.1) is 0 Å². The average Bonchev–Trinajstić information content (AvgIpc) is 3.24. The molecule has 132 valence electrons. The van der Waals surface area contributed by atoms with Gasteiger partial charge in [0.25, 0.3) is 11.8 Å². The van der Waals surface area contributed by atoms with Crippen LogP contribution in [0.3, 0.4) is 0 Å². The molecule has 3 unspecified atom stereocenters. The zero-order chi connectivity index (χ0) is 18.0. The zero-order valence-corrected chi connectivity index (χ0v) is 13.0. The van der Waals surface area contributed by atoms with Crippen LogP contribution in [0.1, 0.15) is 46.4 Å². The molecule has 2 saturated carbocycles. The number of rotatable bonds is 2. The van der Waals surface area contributed by atoms with Crippen molar-refractivity contribution in [2.24, 2.45) is 17.3 Å². The molecule has 1 aromatic rings. The SMILES string of the molecule is O=C1c2ccccc2C(=O)N1OC(=O)C1(C(F)(F)F)CC2CCC1C2. The number of carbonyl (C=O) groups is 3. The maximum atomic E-state index is 13.8. The van der Waals surface area contributed by atoms with Gasteiger partial charge in [-0.1, -0.05) is 23.6 Å². The van der Waals surface area contributed by atoms with Crippen molar-refractivity contribution in [2.75, 3.05) is 0 Å². The van der Waals surface area contributed by atoms with Gasteiger partial charge < -0.3 is 4.84 Å². The van der Waals surface area contributed by atoms with E-state index in [1.54, 1.807) is 0 Å². The lowest BCUT2D eigenvalue weighted by Gasteiger charge is -2.37. The lowest BCUT2D eigenvalue weighted by Crippen LogP contribution is -2.52. The number of fused-ring (bicyclic) bond motifs is 3. The first-order valence-electron chi connectivity index (χ1n) is 8.02. The van der Waals surface area contributed by atoms with Gasteiger partial charge >= 0.3 is 12.1 Å². The van der Waals surface area contributed by atoms with E-state index in [4.69, 9.17) is 4.84 Å². The number of benzene rings is 1. The molecule has 0 radical (unpaired) electrons. The van der Waals surface area contributed by atoms with Gasteiger partial charge in [0.1, 0.15) is 0 Å². The summed E-state index contributed by atoms with van der Waals surface area (Å²) < 4.78 is 41.3. The van der Waals surface area contributed by atoms with Crippen LogP contribution in [0.2, 0.25) is 0 Å². The van der Waals surface area contributed by atoms with E-state index in [1.165, 1.54) is 24.3 Å². The first kappa shape index (κ1) is 16.1. The van der Waals surface area contributed by atoms with Gasteiger partial charge in [0.05, 0.1) is 11.1 Å². The third kappa shape index (κ3) is 2.06. The predicted octanol–water partition coefficient (Wildman–Crippen LogP) is 3.11. The lowest BCUT2D eigenvalue weighted by molar-refractivity contribution is -0.258. The Hall–Kier alpha value is -2.38. The second-order valence-electron chi connectivity index (χ2n) is 6.88. The van der Waals surface area contributed by atoms with Gasteiger partial charge in [0, 0.05) is 0 Å². The van der Waals surface area contributed by atoms with Gasteiger partial charge in [-0.3, -0.25) is 9.59 Å². The first-order chi connectivity index (χ1) is 11.8. The number of amides is 2. The van der Waals surface area contributed by atoms with Gasteiger partial charge in [-0.2, -0.15) is 13.2 Å². The number of hydrogen-bond acceptors (Lipinski definition) is 4. The number of alkyl halides is 3. The fourth-order valence-corrected chi connectivity index (χ4v) is 4.46. The maximum absolute atomic E-state index is 13.8. The summed E-state index contributed by atoms with van der Waals surface area (Å²) in [5.41, 5.74) is -2.62. The van der Waals surface area contributed by atoms with Crippen molar-refractivity contribution >= 4 is 17.8 Å². The van der Waals surface area contributed by atoms with Crippen LogP contribution >= 0.6 is 0 Å². The molecule has 5 nitrogen and oxygen atoms in total. The van der Waals surface area contributed by atoms with E-state index in [2.05, 4.69) is 0 Å². The van der Waals surface area contributed by atoms with Gasteiger partial charge in [0.2, 0.25) is 0 Å². The number of nitrogens with zero attached hydrogens (tertiary/aromatic N) is 1. The maximum Gasteiger partial charge on any atom is 0.405 e. The molecule has 2 amide bonds. The average molecular weight is 353 g/mol. The normalized spacial score (nSPS) is 30.8. The number of halogens is 3. The van der Waals surface area contributed by atoms with Crippen molar-refractivity contribution in [1.29, 1.82) is 0 Å². The van der Waals surface area contributed by atoms with Crippen LogP contribution in [0, 0.1) is 17.3 Å². The van der Waals surface area contributed by atoms with Crippen molar-refractivity contribution in [1.82, 2.24) is 5.06 Å². The van der Waals surface area contributed by atoms with Gasteiger partial charge in [-0.05, 0) is 43.2 Å². The highest BCUT2D eigenvalue weighted by molar-refractivity contribution is 6.20. The summed E-state index contributed by atoms with van der Waals surface area (Å²) in [6.07, 6.45) is -3.87. The van der Waals surface area contributed by atoms with E-state index in [-0.39, 0.29) is 28.5 Å².